The van der Waals surface area contributed by atoms with Gasteiger partial charge in [-0.3, -0.25) is 14.3 Å². The van der Waals surface area contributed by atoms with E-state index >= 15 is 0 Å². The number of nitrogens with one attached hydrogen (secondary N) is 3. The van der Waals surface area contributed by atoms with Crippen LogP contribution in [-0.4, -0.2) is 44.1 Å². The Balaban J connectivity index is 1.68. The fourth-order valence-electron chi connectivity index (χ4n) is 2.97. The molecule has 0 bridgehead atoms. The minimum Gasteiger partial charge on any atom is -0.495 e. The van der Waals surface area contributed by atoms with E-state index in [2.05, 4.69) is 20.9 Å². The van der Waals surface area contributed by atoms with E-state index in [0.29, 0.717) is 17.2 Å². The number of hydrogen-bond donors (Lipinski definition) is 4. The second-order valence-electron chi connectivity index (χ2n) is 6.95. The normalized spacial score (nSPS) is 10.8. The molecule has 0 saturated heterocycles. The van der Waals surface area contributed by atoms with Gasteiger partial charge in [-0.05, 0) is 48.9 Å². The molecule has 0 spiro atoms. The van der Waals surface area contributed by atoms with Gasteiger partial charge in [-0.15, -0.1) is 0 Å². The molecular weight excluding hydrogens is 464 g/mol. The molecule has 4 N–H and O–H groups in total. The zero-order valence-electron chi connectivity index (χ0n) is 18.4. The number of benzene rings is 2. The van der Waals surface area contributed by atoms with Gasteiger partial charge in [0.15, 0.2) is 0 Å². The average molecular weight is 487 g/mol. The summed E-state index contributed by atoms with van der Waals surface area (Å²) in [4.78, 5) is 27.8. The number of hydrogen-bond acceptors (Lipinski definition) is 7. The van der Waals surface area contributed by atoms with Gasteiger partial charge in [0.05, 0.1) is 12.8 Å². The molecule has 34 heavy (non-hydrogen) atoms. The van der Waals surface area contributed by atoms with Crippen LogP contribution in [-0.2, 0) is 10.1 Å². The first-order chi connectivity index (χ1) is 16.1. The van der Waals surface area contributed by atoms with E-state index in [1.807, 2.05) is 0 Å². The van der Waals surface area contributed by atoms with Crippen LogP contribution in [0.25, 0.3) is 0 Å². The number of pyridine rings is 1. The summed E-state index contributed by atoms with van der Waals surface area (Å²) in [5.41, 5.74) is 1.12. The molecule has 2 aromatic carbocycles. The lowest BCUT2D eigenvalue weighted by Crippen LogP contribution is -2.20. The van der Waals surface area contributed by atoms with Crippen LogP contribution in [0.1, 0.15) is 16.1 Å². The molecule has 0 aliphatic rings. The lowest BCUT2D eigenvalue weighted by atomic mass is 10.2. The summed E-state index contributed by atoms with van der Waals surface area (Å²) in [6.45, 7) is 1.48. The Bertz CT molecular complexity index is 1330. The third-order valence-corrected chi connectivity index (χ3v) is 5.56. The summed E-state index contributed by atoms with van der Waals surface area (Å²) in [5, 5.41) is 7.70. The van der Waals surface area contributed by atoms with Gasteiger partial charge in [0.1, 0.15) is 27.8 Å². The number of rotatable bonds is 7. The number of carbonyl (C=O) groups excluding carboxylic acids is 2. The quantitative estimate of drug-likeness (QED) is 0.370. The maximum Gasteiger partial charge on any atom is 0.323 e. The molecule has 3 amide bonds. The Morgan fingerprint density at radius 1 is 1.00 bits per heavy atom. The van der Waals surface area contributed by atoms with Gasteiger partial charge in [-0.1, -0.05) is 0 Å². The third kappa shape index (κ3) is 5.99. The van der Waals surface area contributed by atoms with Crippen LogP contribution in [0.5, 0.6) is 17.2 Å². The van der Waals surface area contributed by atoms with Crippen molar-refractivity contribution in [3.63, 3.8) is 0 Å². The average Bonchev–Trinajstić information content (AvgIpc) is 2.79. The van der Waals surface area contributed by atoms with Crippen molar-refractivity contribution in [2.24, 2.45) is 0 Å². The van der Waals surface area contributed by atoms with Gasteiger partial charge < -0.3 is 25.4 Å². The third-order valence-electron chi connectivity index (χ3n) is 4.56. The summed E-state index contributed by atoms with van der Waals surface area (Å²) in [5.74, 6) is 0.613. The number of urea groups is 1. The van der Waals surface area contributed by atoms with Crippen LogP contribution in [0, 0.1) is 6.92 Å². The van der Waals surface area contributed by atoms with E-state index in [1.165, 1.54) is 39.4 Å². The lowest BCUT2D eigenvalue weighted by Gasteiger charge is -2.14. The van der Waals surface area contributed by atoms with E-state index in [-0.39, 0.29) is 33.5 Å². The van der Waals surface area contributed by atoms with Crippen molar-refractivity contribution in [3.05, 3.63) is 66.0 Å². The van der Waals surface area contributed by atoms with Crippen LogP contribution >= 0.6 is 0 Å². The maximum atomic E-state index is 12.4. The largest absolute Gasteiger partial charge is 0.495 e. The summed E-state index contributed by atoms with van der Waals surface area (Å²) in [6, 6.07) is 11.5. The highest BCUT2D eigenvalue weighted by atomic mass is 32.2. The summed E-state index contributed by atoms with van der Waals surface area (Å²) < 4.78 is 43.1. The van der Waals surface area contributed by atoms with Crippen LogP contribution < -0.4 is 25.4 Å². The number of nitrogens with zero attached hydrogens (tertiary/aromatic N) is 1. The summed E-state index contributed by atoms with van der Waals surface area (Å²) in [6.07, 6.45) is 1.46. The second kappa shape index (κ2) is 10.2. The van der Waals surface area contributed by atoms with Gasteiger partial charge in [-0.2, -0.15) is 8.42 Å². The number of ether oxygens (including phenoxy) is 2. The molecule has 178 valence electrons. The number of carbonyl (C=O) groups is 2. The Labute approximate surface area is 195 Å². The molecular formula is C22H22N4O7S. The smallest absolute Gasteiger partial charge is 0.323 e. The van der Waals surface area contributed by atoms with Crippen molar-refractivity contribution in [3.8, 4) is 17.2 Å². The maximum absolute atomic E-state index is 12.4. The molecule has 0 aliphatic carbocycles. The van der Waals surface area contributed by atoms with Gasteiger partial charge >= 0.3 is 6.03 Å². The second-order valence-corrected chi connectivity index (χ2v) is 8.34. The first-order valence-electron chi connectivity index (χ1n) is 9.81. The highest BCUT2D eigenvalue weighted by Crippen LogP contribution is 2.31. The van der Waals surface area contributed by atoms with E-state index in [1.54, 1.807) is 30.3 Å². The Hall–Kier alpha value is -4.16. The number of methoxy groups -OCH3 is 1. The zero-order chi connectivity index (χ0) is 24.9. The first-order valence-corrected chi connectivity index (χ1v) is 11.2. The van der Waals surface area contributed by atoms with E-state index in [0.717, 1.165) is 6.07 Å². The SMILES string of the molecule is CNC(=O)c1cc(Oc2ccc(NC(=O)Nc3cc(C)c(S(=O)(=O)O)cc3OC)cc2)ccn1. The van der Waals surface area contributed by atoms with E-state index < -0.39 is 16.1 Å². The Morgan fingerprint density at radius 2 is 1.71 bits per heavy atom. The molecule has 1 heterocycles. The van der Waals surface area contributed by atoms with Crippen molar-refractivity contribution in [2.75, 3.05) is 24.8 Å². The van der Waals surface area contributed by atoms with Crippen molar-refractivity contribution in [1.29, 1.82) is 0 Å². The topological polar surface area (TPSA) is 156 Å². The highest BCUT2D eigenvalue weighted by molar-refractivity contribution is 7.85. The first kappa shape index (κ1) is 24.5. The minimum atomic E-state index is -4.44. The molecule has 1 aromatic heterocycles. The predicted molar refractivity (Wildman–Crippen MR) is 124 cm³/mol. The van der Waals surface area contributed by atoms with E-state index in [4.69, 9.17) is 9.47 Å². The minimum absolute atomic E-state index is 0.0607. The number of aromatic nitrogens is 1. The van der Waals surface area contributed by atoms with E-state index in [9.17, 15) is 22.6 Å². The molecule has 3 aromatic rings. The molecule has 0 aliphatic heterocycles. The van der Waals surface area contributed by atoms with Crippen molar-refractivity contribution in [2.45, 2.75) is 11.8 Å². The number of anilines is 2. The van der Waals surface area contributed by atoms with Crippen molar-refractivity contribution >= 4 is 33.4 Å². The highest BCUT2D eigenvalue weighted by Gasteiger charge is 2.18. The zero-order valence-corrected chi connectivity index (χ0v) is 19.3. The molecule has 12 heteroatoms. The van der Waals surface area contributed by atoms with Crippen molar-refractivity contribution < 1.29 is 32.0 Å². The predicted octanol–water partition coefficient (Wildman–Crippen LogP) is 3.44. The van der Waals surface area contributed by atoms with Crippen LogP contribution in [0.4, 0.5) is 16.2 Å². The fraction of sp³-hybridized carbons (Fsp3) is 0.136. The standard InChI is InChI=1S/C22H22N4O7S/c1-13-10-17(19(32-3)12-20(13)34(29,30)31)26-22(28)25-14-4-6-15(7-5-14)33-16-8-9-24-18(11-16)21(27)23-2/h4-12H,1-3H3,(H,23,27)(H2,25,26,28)(H,29,30,31). The van der Waals surface area contributed by atoms with Gasteiger partial charge in [0.2, 0.25) is 0 Å². The van der Waals surface area contributed by atoms with Gasteiger partial charge in [0, 0.05) is 31.1 Å². The Morgan fingerprint density at radius 3 is 2.32 bits per heavy atom. The molecule has 0 radical (unpaired) electrons. The molecule has 3 rings (SSSR count). The molecule has 0 fully saturated rings. The summed E-state index contributed by atoms with van der Waals surface area (Å²) in [7, 11) is -1.63. The molecule has 0 unspecified atom stereocenters. The van der Waals surface area contributed by atoms with Crippen LogP contribution in [0.3, 0.4) is 0 Å². The van der Waals surface area contributed by atoms with Gasteiger partial charge in [0.25, 0.3) is 16.0 Å². The van der Waals surface area contributed by atoms with Gasteiger partial charge in [-0.25, -0.2) is 4.79 Å². The monoisotopic (exact) mass is 486 g/mol. The lowest BCUT2D eigenvalue weighted by molar-refractivity contribution is 0.0957. The van der Waals surface area contributed by atoms with Crippen LogP contribution in [0.15, 0.2) is 59.6 Å². The number of amides is 3. The molecule has 11 nitrogen and oxygen atoms in total. The Kier molecular flexibility index (Phi) is 7.34. The fourth-order valence-corrected chi connectivity index (χ4v) is 3.69. The number of aryl methyl sites for hydroxylation is 1. The molecule has 0 saturated carbocycles. The van der Waals surface area contributed by atoms with Crippen molar-refractivity contribution in [1.82, 2.24) is 10.3 Å². The molecule has 0 atom stereocenters. The summed E-state index contributed by atoms with van der Waals surface area (Å²) >= 11 is 0. The van der Waals surface area contributed by atoms with Crippen LogP contribution in [0.2, 0.25) is 0 Å².